The summed E-state index contributed by atoms with van der Waals surface area (Å²) in [5, 5.41) is 3.22. The second-order valence-electron chi connectivity index (χ2n) is 13.7. The monoisotopic (exact) mass is 475 g/mol. The second-order valence-corrected chi connectivity index (χ2v) is 13.7. The minimum Gasteiger partial charge on any atom is -0.469 e. The fourth-order valence-electron chi connectivity index (χ4n) is 11.2. The smallest absolute Gasteiger partial charge is 0.312 e. The van der Waals surface area contributed by atoms with E-state index in [0.29, 0.717) is 28.6 Å². The van der Waals surface area contributed by atoms with Crippen molar-refractivity contribution in [1.29, 1.82) is 0 Å². The third-order valence-electron chi connectivity index (χ3n) is 12.2. The van der Waals surface area contributed by atoms with E-state index >= 15 is 0 Å². The van der Waals surface area contributed by atoms with Crippen molar-refractivity contribution in [2.75, 3.05) is 12.4 Å². The molecule has 0 saturated heterocycles. The fourth-order valence-corrected chi connectivity index (χ4v) is 11.2. The number of para-hydroxylation sites is 1. The van der Waals surface area contributed by atoms with Gasteiger partial charge in [-0.3, -0.25) is 9.59 Å². The van der Waals surface area contributed by atoms with E-state index in [4.69, 9.17) is 4.74 Å². The largest absolute Gasteiger partial charge is 0.469 e. The number of hydrogen-bond acceptors (Lipinski definition) is 3. The molecule has 6 aliphatic rings. The molecule has 6 bridgehead atoms. The van der Waals surface area contributed by atoms with E-state index in [1.54, 1.807) is 7.11 Å². The number of rotatable bonds is 4. The summed E-state index contributed by atoms with van der Waals surface area (Å²) in [6.07, 6.45) is 15.9. The SMILES string of the molecule is COC(=O)C12CCCC3CC1CC(C14CC5CC(C(=O)Nc6ccccc6)CC(C1)C(C5)C4)(C3)C2. The van der Waals surface area contributed by atoms with Crippen molar-refractivity contribution in [2.45, 2.75) is 83.5 Å². The zero-order chi connectivity index (χ0) is 23.8. The van der Waals surface area contributed by atoms with E-state index in [2.05, 4.69) is 5.32 Å². The maximum absolute atomic E-state index is 13.3. The summed E-state index contributed by atoms with van der Waals surface area (Å²) in [5.41, 5.74) is 1.44. The molecule has 4 heteroatoms. The normalized spacial score (nSPS) is 47.2. The van der Waals surface area contributed by atoms with Crippen molar-refractivity contribution < 1.29 is 14.3 Å². The van der Waals surface area contributed by atoms with Crippen LogP contribution in [0.25, 0.3) is 0 Å². The first kappa shape index (κ1) is 22.4. The van der Waals surface area contributed by atoms with Crippen LogP contribution in [0, 0.1) is 51.8 Å². The molecular weight excluding hydrogens is 434 g/mol. The lowest BCUT2D eigenvalue weighted by Crippen LogP contribution is -2.46. The number of ether oxygens (including phenoxy) is 1. The summed E-state index contributed by atoms with van der Waals surface area (Å²) in [6, 6.07) is 9.97. The van der Waals surface area contributed by atoms with E-state index in [-0.39, 0.29) is 23.2 Å². The van der Waals surface area contributed by atoms with Gasteiger partial charge in [0, 0.05) is 11.6 Å². The van der Waals surface area contributed by atoms with Gasteiger partial charge in [0.05, 0.1) is 12.5 Å². The predicted octanol–water partition coefficient (Wildman–Crippen LogP) is 6.61. The highest BCUT2D eigenvalue weighted by atomic mass is 16.5. The average molecular weight is 476 g/mol. The first-order valence-corrected chi connectivity index (χ1v) is 14.4. The van der Waals surface area contributed by atoms with Gasteiger partial charge < -0.3 is 10.1 Å². The van der Waals surface area contributed by atoms with E-state index in [0.717, 1.165) is 43.2 Å². The molecule has 35 heavy (non-hydrogen) atoms. The van der Waals surface area contributed by atoms with Gasteiger partial charge in [0.15, 0.2) is 0 Å². The van der Waals surface area contributed by atoms with Crippen LogP contribution in [0.15, 0.2) is 30.3 Å². The molecule has 1 aromatic rings. The molecule has 9 unspecified atom stereocenters. The molecule has 0 aromatic heterocycles. The van der Waals surface area contributed by atoms with E-state index < -0.39 is 0 Å². The van der Waals surface area contributed by atoms with Gasteiger partial charge in [-0.15, -0.1) is 0 Å². The van der Waals surface area contributed by atoms with Gasteiger partial charge in [0.2, 0.25) is 5.91 Å². The topological polar surface area (TPSA) is 55.4 Å². The summed E-state index contributed by atoms with van der Waals surface area (Å²) < 4.78 is 5.51. The van der Waals surface area contributed by atoms with Gasteiger partial charge in [-0.2, -0.15) is 0 Å². The van der Waals surface area contributed by atoms with Crippen molar-refractivity contribution in [3.8, 4) is 0 Å². The Morgan fingerprint density at radius 3 is 2.46 bits per heavy atom. The second kappa shape index (κ2) is 7.83. The van der Waals surface area contributed by atoms with Gasteiger partial charge in [-0.05, 0) is 123 Å². The molecule has 7 rings (SSSR count). The fraction of sp³-hybridized carbons (Fsp3) is 0.742. The van der Waals surface area contributed by atoms with Crippen LogP contribution in [0.2, 0.25) is 0 Å². The predicted molar refractivity (Wildman–Crippen MR) is 135 cm³/mol. The van der Waals surface area contributed by atoms with Crippen LogP contribution < -0.4 is 5.32 Å². The van der Waals surface area contributed by atoms with Gasteiger partial charge in [0.1, 0.15) is 0 Å². The van der Waals surface area contributed by atoms with Gasteiger partial charge in [-0.25, -0.2) is 0 Å². The maximum Gasteiger partial charge on any atom is 0.312 e. The lowest BCUT2D eigenvalue weighted by Gasteiger charge is -2.55. The Balaban J connectivity index is 1.16. The molecule has 1 amide bonds. The number of carbonyl (C=O) groups excluding carboxylic acids is 2. The highest BCUT2D eigenvalue weighted by Crippen LogP contribution is 2.78. The number of hydrogen-bond donors (Lipinski definition) is 1. The number of carbonyl (C=O) groups is 2. The number of esters is 1. The molecule has 6 fully saturated rings. The lowest BCUT2D eigenvalue weighted by molar-refractivity contribution is -0.156. The van der Waals surface area contributed by atoms with E-state index in [9.17, 15) is 9.59 Å². The zero-order valence-corrected chi connectivity index (χ0v) is 21.3. The molecule has 0 spiro atoms. The first-order chi connectivity index (χ1) is 16.9. The molecule has 0 heterocycles. The number of amides is 1. The van der Waals surface area contributed by atoms with Gasteiger partial charge >= 0.3 is 5.97 Å². The molecule has 1 aromatic carbocycles. The van der Waals surface area contributed by atoms with Gasteiger partial charge in [-0.1, -0.05) is 31.0 Å². The summed E-state index contributed by atoms with van der Waals surface area (Å²) in [7, 11) is 1.62. The lowest BCUT2D eigenvalue weighted by atomic mass is 9.50. The van der Waals surface area contributed by atoms with Crippen LogP contribution in [0.5, 0.6) is 0 Å². The Labute approximate surface area is 210 Å². The van der Waals surface area contributed by atoms with Crippen molar-refractivity contribution in [2.24, 2.45) is 51.8 Å². The number of fused-ring (bicyclic) bond motifs is 5. The maximum atomic E-state index is 13.3. The molecular formula is C31H41NO3. The quantitative estimate of drug-likeness (QED) is 0.499. The molecule has 0 aliphatic heterocycles. The summed E-state index contributed by atoms with van der Waals surface area (Å²) in [5.74, 6) is 3.96. The Bertz CT molecular complexity index is 1020. The molecule has 4 nitrogen and oxygen atoms in total. The summed E-state index contributed by atoms with van der Waals surface area (Å²) in [4.78, 5) is 26.6. The van der Waals surface area contributed by atoms with Gasteiger partial charge in [0.25, 0.3) is 0 Å². The van der Waals surface area contributed by atoms with E-state index in [1.807, 2.05) is 30.3 Å². The number of benzene rings is 1. The average Bonchev–Trinajstić information content (AvgIpc) is 3.14. The van der Waals surface area contributed by atoms with Crippen LogP contribution in [0.4, 0.5) is 5.69 Å². The van der Waals surface area contributed by atoms with Crippen molar-refractivity contribution in [3.63, 3.8) is 0 Å². The van der Waals surface area contributed by atoms with Crippen molar-refractivity contribution in [3.05, 3.63) is 30.3 Å². The van der Waals surface area contributed by atoms with Crippen LogP contribution in [0.1, 0.15) is 83.5 Å². The highest BCUT2D eigenvalue weighted by molar-refractivity contribution is 5.92. The summed E-state index contributed by atoms with van der Waals surface area (Å²) in [6.45, 7) is 0. The van der Waals surface area contributed by atoms with Crippen molar-refractivity contribution in [1.82, 2.24) is 0 Å². The molecule has 6 saturated carbocycles. The van der Waals surface area contributed by atoms with Crippen LogP contribution in [-0.4, -0.2) is 19.0 Å². The Kier molecular flexibility index (Phi) is 5.00. The minimum absolute atomic E-state index is 0.103. The minimum atomic E-state index is -0.211. The van der Waals surface area contributed by atoms with Crippen LogP contribution in [0.3, 0.4) is 0 Å². The zero-order valence-electron chi connectivity index (χ0n) is 21.3. The molecule has 6 aliphatic carbocycles. The number of nitrogens with one attached hydrogen (secondary N) is 1. The third-order valence-corrected chi connectivity index (χ3v) is 12.2. The molecule has 1 N–H and O–H groups in total. The Morgan fingerprint density at radius 1 is 0.886 bits per heavy atom. The molecule has 188 valence electrons. The van der Waals surface area contributed by atoms with Crippen LogP contribution >= 0.6 is 0 Å². The number of anilines is 1. The van der Waals surface area contributed by atoms with Crippen molar-refractivity contribution >= 4 is 17.6 Å². The Hall–Kier alpha value is -1.84. The molecule has 0 radical (unpaired) electrons. The first-order valence-electron chi connectivity index (χ1n) is 14.4. The third kappa shape index (κ3) is 3.23. The standard InChI is InChI=1S/C31H41NO3/c1-35-28(34)31-9-5-6-20-12-25(31)18-30(14-20,19-31)29-15-21-10-22(13-24(17-29)23(11-21)16-29)27(33)32-26-7-3-2-4-8-26/h2-4,7-8,20-25H,5-6,9-19H2,1H3,(H,32,33). The summed E-state index contributed by atoms with van der Waals surface area (Å²) >= 11 is 0. The van der Waals surface area contributed by atoms with Crippen LogP contribution in [-0.2, 0) is 14.3 Å². The van der Waals surface area contributed by atoms with E-state index in [1.165, 1.54) is 57.8 Å². The Morgan fingerprint density at radius 2 is 1.66 bits per heavy atom. The molecule has 9 atom stereocenters. The number of methoxy groups -OCH3 is 1. The highest BCUT2D eigenvalue weighted by Gasteiger charge is 2.71.